The van der Waals surface area contributed by atoms with Gasteiger partial charge in [-0.15, -0.1) is 0 Å². The van der Waals surface area contributed by atoms with Crippen LogP contribution in [0.2, 0.25) is 5.02 Å². The van der Waals surface area contributed by atoms with E-state index in [0.717, 1.165) is 10.4 Å². The van der Waals surface area contributed by atoms with Gasteiger partial charge in [-0.2, -0.15) is 5.10 Å². The van der Waals surface area contributed by atoms with Gasteiger partial charge in [0.25, 0.3) is 0 Å². The van der Waals surface area contributed by atoms with Gasteiger partial charge < -0.3 is 15.5 Å². The molecule has 0 unspecified atom stereocenters. The lowest BCUT2D eigenvalue weighted by Gasteiger charge is -2.21. The number of nitrogens with zero attached hydrogens (tertiary/aromatic N) is 3. The van der Waals surface area contributed by atoms with Crippen LogP contribution in [0.25, 0.3) is 0 Å². The number of hydrogen-bond donors (Lipinski definition) is 3. The molecule has 0 aliphatic rings. The second-order valence-corrected chi connectivity index (χ2v) is 10.7. The number of amides is 1. The van der Waals surface area contributed by atoms with Gasteiger partial charge in [0.05, 0.1) is 23.0 Å². The molecule has 12 heteroatoms. The molecule has 2 aromatic rings. The highest BCUT2D eigenvalue weighted by molar-refractivity contribution is 7.89. The fraction of sp³-hybridized carbons (Fsp3) is 0.429. The van der Waals surface area contributed by atoms with Gasteiger partial charge in [0.2, 0.25) is 10.0 Å². The van der Waals surface area contributed by atoms with Crippen LogP contribution in [0.15, 0.2) is 35.0 Å². The number of carboxylic acid groups (broad SMARTS) is 1. The highest BCUT2D eigenvalue weighted by Gasteiger charge is 2.29. The summed E-state index contributed by atoms with van der Waals surface area (Å²) in [4.78, 5) is 10.5. The summed E-state index contributed by atoms with van der Waals surface area (Å²) in [6.45, 7) is 4.34. The summed E-state index contributed by atoms with van der Waals surface area (Å²) in [5, 5.41) is 25.8. The minimum Gasteiger partial charge on any atom is -0.465 e. The quantitative estimate of drug-likeness (QED) is 0.484. The van der Waals surface area contributed by atoms with Crippen molar-refractivity contribution in [1.82, 2.24) is 19.4 Å². The maximum absolute atomic E-state index is 14.4. The summed E-state index contributed by atoms with van der Waals surface area (Å²) in [5.74, 6) is -0.621. The van der Waals surface area contributed by atoms with E-state index in [4.69, 9.17) is 16.7 Å². The predicted molar refractivity (Wildman–Crippen MR) is 123 cm³/mol. The van der Waals surface area contributed by atoms with Crippen LogP contribution in [0.4, 0.5) is 9.18 Å². The maximum Gasteiger partial charge on any atom is 0.404 e. The van der Waals surface area contributed by atoms with Gasteiger partial charge in [0, 0.05) is 32.6 Å². The van der Waals surface area contributed by atoms with E-state index in [0.29, 0.717) is 22.5 Å². The predicted octanol–water partition coefficient (Wildman–Crippen LogP) is 3.03. The van der Waals surface area contributed by atoms with Gasteiger partial charge in [0.1, 0.15) is 16.3 Å². The van der Waals surface area contributed by atoms with Crippen LogP contribution in [0.3, 0.4) is 0 Å². The molecule has 0 saturated heterocycles. The van der Waals surface area contributed by atoms with Crippen molar-refractivity contribution in [3.63, 3.8) is 0 Å². The van der Waals surface area contributed by atoms with Crippen molar-refractivity contribution in [3.05, 3.63) is 57.6 Å². The molecule has 9 nitrogen and oxygen atoms in total. The average molecular weight is 503 g/mol. The Kier molecular flexibility index (Phi) is 8.28. The Morgan fingerprint density at radius 3 is 2.52 bits per heavy atom. The minimum atomic E-state index is -3.70. The lowest BCUT2D eigenvalue weighted by Crippen LogP contribution is -2.24. The van der Waals surface area contributed by atoms with Crippen molar-refractivity contribution in [2.75, 3.05) is 20.6 Å². The molecular formula is C21H28ClFN4O5S. The molecule has 2 rings (SSSR count). The highest BCUT2D eigenvalue weighted by Crippen LogP contribution is 2.31. The summed E-state index contributed by atoms with van der Waals surface area (Å²) in [6, 6.07) is 4.60. The summed E-state index contributed by atoms with van der Waals surface area (Å²) >= 11 is 6.26. The fourth-order valence-corrected chi connectivity index (χ4v) is 4.79. The van der Waals surface area contributed by atoms with Crippen molar-refractivity contribution in [2.45, 2.75) is 44.2 Å². The molecular weight excluding hydrogens is 475 g/mol. The van der Waals surface area contributed by atoms with Crippen LogP contribution in [0, 0.1) is 6.92 Å². The van der Waals surface area contributed by atoms with E-state index in [-0.39, 0.29) is 29.4 Å². The number of sulfonamides is 1. The first-order chi connectivity index (χ1) is 15.1. The molecule has 0 saturated carbocycles. The Balaban J connectivity index is 2.42. The van der Waals surface area contributed by atoms with E-state index in [2.05, 4.69) is 5.10 Å². The molecule has 0 aliphatic carbocycles. The summed E-state index contributed by atoms with van der Waals surface area (Å²) in [5.41, 5.74) is 0.917. The van der Waals surface area contributed by atoms with Crippen molar-refractivity contribution in [1.29, 1.82) is 0 Å². The lowest BCUT2D eigenvalue weighted by molar-refractivity contribution is 0.0676. The van der Waals surface area contributed by atoms with Gasteiger partial charge in [-0.3, -0.25) is 4.68 Å². The Bertz CT molecular complexity index is 1170. The van der Waals surface area contributed by atoms with E-state index in [1.807, 2.05) is 5.32 Å². The third-order valence-electron chi connectivity index (χ3n) is 4.84. The van der Waals surface area contributed by atoms with Gasteiger partial charge in [-0.25, -0.2) is 21.9 Å². The third kappa shape index (κ3) is 6.53. The second-order valence-electron chi connectivity index (χ2n) is 8.20. The van der Waals surface area contributed by atoms with Crippen molar-refractivity contribution in [2.24, 2.45) is 0 Å². The second kappa shape index (κ2) is 10.2. The van der Waals surface area contributed by atoms with Crippen molar-refractivity contribution in [3.8, 4) is 0 Å². The Labute approximate surface area is 197 Å². The largest absolute Gasteiger partial charge is 0.465 e. The topological polar surface area (TPSA) is 125 Å². The third-order valence-corrected chi connectivity index (χ3v) is 7.14. The molecule has 0 radical (unpaired) electrons. The number of rotatable bonds is 9. The monoisotopic (exact) mass is 502 g/mol. The Hall–Kier alpha value is -2.47. The first-order valence-electron chi connectivity index (χ1n) is 9.96. The number of carbonyl (C=O) groups is 1. The molecule has 33 heavy (non-hydrogen) atoms. The lowest BCUT2D eigenvalue weighted by atomic mass is 9.95. The normalized spacial score (nSPS) is 12.9. The SMILES string of the molecule is Cc1nn(C/C(F)=C/CNC(=O)O)c(C(C)(C)O)c1Cc1ccc(S(=O)(=O)N(C)C)c(Cl)c1. The van der Waals surface area contributed by atoms with Gasteiger partial charge in [0.15, 0.2) is 0 Å². The first kappa shape index (κ1) is 26.8. The van der Waals surface area contributed by atoms with Gasteiger partial charge in [-0.05, 0) is 44.5 Å². The molecule has 1 heterocycles. The van der Waals surface area contributed by atoms with E-state index in [1.54, 1.807) is 32.9 Å². The van der Waals surface area contributed by atoms with Crippen LogP contribution in [0.5, 0.6) is 0 Å². The molecule has 0 bridgehead atoms. The Morgan fingerprint density at radius 1 is 1.36 bits per heavy atom. The molecule has 0 spiro atoms. The molecule has 182 valence electrons. The highest BCUT2D eigenvalue weighted by atomic mass is 35.5. The minimum absolute atomic E-state index is 0.0183. The zero-order valence-corrected chi connectivity index (χ0v) is 20.6. The van der Waals surface area contributed by atoms with Crippen molar-refractivity contribution >= 4 is 27.7 Å². The number of aliphatic hydroxyl groups is 1. The number of benzene rings is 1. The van der Waals surface area contributed by atoms with E-state index in [1.165, 1.54) is 24.8 Å². The van der Waals surface area contributed by atoms with Gasteiger partial charge >= 0.3 is 6.09 Å². The summed E-state index contributed by atoms with van der Waals surface area (Å²) < 4.78 is 41.6. The number of hydrogen-bond acceptors (Lipinski definition) is 5. The van der Waals surface area contributed by atoms with Crippen LogP contribution < -0.4 is 5.32 Å². The summed E-state index contributed by atoms with van der Waals surface area (Å²) in [7, 11) is -0.874. The zero-order valence-electron chi connectivity index (χ0n) is 19.1. The molecule has 0 fully saturated rings. The van der Waals surface area contributed by atoms with Crippen LogP contribution in [-0.2, 0) is 28.6 Å². The molecule has 0 aliphatic heterocycles. The number of aryl methyl sites for hydroxylation is 1. The molecule has 3 N–H and O–H groups in total. The van der Waals surface area contributed by atoms with Crippen LogP contribution in [0.1, 0.15) is 36.4 Å². The fourth-order valence-electron chi connectivity index (χ4n) is 3.35. The van der Waals surface area contributed by atoms with Crippen LogP contribution >= 0.6 is 11.6 Å². The number of nitrogens with one attached hydrogen (secondary N) is 1. The van der Waals surface area contributed by atoms with E-state index >= 15 is 0 Å². The number of halogens is 2. The van der Waals surface area contributed by atoms with Crippen molar-refractivity contribution < 1.29 is 27.8 Å². The number of allylic oxidation sites excluding steroid dienone is 1. The molecule has 0 atom stereocenters. The first-order valence-corrected chi connectivity index (χ1v) is 11.8. The summed E-state index contributed by atoms with van der Waals surface area (Å²) in [6.07, 6.45) is 0.0957. The average Bonchev–Trinajstić information content (AvgIpc) is 2.96. The van der Waals surface area contributed by atoms with Crippen LogP contribution in [-0.4, -0.2) is 59.4 Å². The zero-order chi connectivity index (χ0) is 25.1. The molecule has 1 amide bonds. The van der Waals surface area contributed by atoms with E-state index < -0.39 is 27.5 Å². The number of aromatic nitrogens is 2. The smallest absolute Gasteiger partial charge is 0.404 e. The van der Waals surface area contributed by atoms with E-state index in [9.17, 15) is 22.7 Å². The molecule has 1 aromatic heterocycles. The molecule has 1 aromatic carbocycles. The Morgan fingerprint density at radius 2 is 2.00 bits per heavy atom. The maximum atomic E-state index is 14.4. The van der Waals surface area contributed by atoms with Gasteiger partial charge in [-0.1, -0.05) is 17.7 Å². The standard InChI is InChI=1S/C21H28ClFN4O5S/c1-13-16(10-14-6-7-18(17(22)11-14)33(31,32)26(4)5)19(21(2,3)30)27(25-13)12-15(23)8-9-24-20(28)29/h6-8,11,24,30H,9-10,12H2,1-5H3,(H,28,29)/b15-8-.